The Kier molecular flexibility index (Phi) is 4.15. The predicted molar refractivity (Wildman–Crippen MR) is 88.2 cm³/mol. The minimum Gasteiger partial charge on any atom is -0.497 e. The Morgan fingerprint density at radius 3 is 2.48 bits per heavy atom. The average Bonchev–Trinajstić information content (AvgIpc) is 2.59. The molecule has 23 heavy (non-hydrogen) atoms. The lowest BCUT2D eigenvalue weighted by molar-refractivity contribution is 0.0692. The molecule has 0 aliphatic rings. The van der Waals surface area contributed by atoms with Crippen molar-refractivity contribution in [2.75, 3.05) is 7.11 Å². The van der Waals surface area contributed by atoms with Gasteiger partial charge in [0.05, 0.1) is 7.11 Å². The summed E-state index contributed by atoms with van der Waals surface area (Å²) in [4.78, 5) is 11.5. The second kappa shape index (κ2) is 6.40. The molecular weight excluding hydrogens is 292 g/mol. The lowest BCUT2D eigenvalue weighted by Gasteiger charge is -2.11. The van der Waals surface area contributed by atoms with Gasteiger partial charge in [0.1, 0.15) is 23.7 Å². The lowest BCUT2D eigenvalue weighted by Crippen LogP contribution is -2.03. The van der Waals surface area contributed by atoms with Crippen LogP contribution in [0.4, 0.5) is 0 Å². The molecule has 0 fully saturated rings. The first kappa shape index (κ1) is 14.9. The molecule has 0 unspecified atom stereocenters. The van der Waals surface area contributed by atoms with Gasteiger partial charge >= 0.3 is 5.97 Å². The molecule has 1 N–H and O–H groups in total. The summed E-state index contributed by atoms with van der Waals surface area (Å²) in [6.45, 7) is 0.322. The number of rotatable bonds is 5. The van der Waals surface area contributed by atoms with Crippen molar-refractivity contribution >= 4 is 16.7 Å². The summed E-state index contributed by atoms with van der Waals surface area (Å²) in [7, 11) is 1.58. The minimum absolute atomic E-state index is 0.140. The Morgan fingerprint density at radius 1 is 1.00 bits per heavy atom. The van der Waals surface area contributed by atoms with E-state index < -0.39 is 5.97 Å². The lowest BCUT2D eigenvalue weighted by atomic mass is 10.1. The largest absolute Gasteiger partial charge is 0.497 e. The third-order valence-electron chi connectivity index (χ3n) is 3.61. The van der Waals surface area contributed by atoms with E-state index in [-0.39, 0.29) is 5.56 Å². The van der Waals surface area contributed by atoms with Crippen molar-refractivity contribution in [3.8, 4) is 11.5 Å². The van der Waals surface area contributed by atoms with Crippen LogP contribution in [-0.4, -0.2) is 18.2 Å². The van der Waals surface area contributed by atoms with Crippen LogP contribution >= 0.6 is 0 Å². The minimum atomic E-state index is -1.02. The molecule has 0 atom stereocenters. The Bertz CT molecular complexity index is 841. The Balaban J connectivity index is 1.97. The van der Waals surface area contributed by atoms with Gasteiger partial charge in [-0.1, -0.05) is 36.4 Å². The normalized spacial score (nSPS) is 10.5. The molecule has 3 aromatic rings. The summed E-state index contributed by atoms with van der Waals surface area (Å²) in [5.41, 5.74) is 1.13. The number of benzene rings is 3. The van der Waals surface area contributed by atoms with Crippen LogP contribution in [0.1, 0.15) is 15.9 Å². The van der Waals surface area contributed by atoms with E-state index >= 15 is 0 Å². The van der Waals surface area contributed by atoms with Crippen molar-refractivity contribution < 1.29 is 19.4 Å². The summed E-state index contributed by atoms with van der Waals surface area (Å²) in [6, 6.07) is 18.5. The second-order valence-corrected chi connectivity index (χ2v) is 5.14. The number of carboxylic acid groups (broad SMARTS) is 1. The molecule has 4 heteroatoms. The molecule has 0 aromatic heterocycles. The highest BCUT2D eigenvalue weighted by Gasteiger charge is 2.13. The van der Waals surface area contributed by atoms with Crippen LogP contribution in [0.5, 0.6) is 11.5 Å². The molecule has 0 spiro atoms. The van der Waals surface area contributed by atoms with Crippen LogP contribution < -0.4 is 9.47 Å². The van der Waals surface area contributed by atoms with Crippen molar-refractivity contribution in [3.05, 3.63) is 71.8 Å². The summed E-state index contributed by atoms with van der Waals surface area (Å²) in [5.74, 6) is 0.0311. The smallest absolute Gasteiger partial charge is 0.339 e. The van der Waals surface area contributed by atoms with Gasteiger partial charge in [-0.2, -0.15) is 0 Å². The number of hydrogen-bond donors (Lipinski definition) is 1. The van der Waals surface area contributed by atoms with Crippen molar-refractivity contribution in [2.45, 2.75) is 6.61 Å². The first-order valence-corrected chi connectivity index (χ1v) is 7.19. The fraction of sp³-hybridized carbons (Fsp3) is 0.105. The maximum atomic E-state index is 11.5. The number of carboxylic acids is 1. The molecule has 3 aromatic carbocycles. The number of hydrogen-bond acceptors (Lipinski definition) is 3. The van der Waals surface area contributed by atoms with Crippen molar-refractivity contribution in [1.29, 1.82) is 0 Å². The van der Waals surface area contributed by atoms with Gasteiger partial charge in [-0.3, -0.25) is 0 Å². The molecule has 0 radical (unpaired) electrons. The number of ether oxygens (including phenoxy) is 2. The highest BCUT2D eigenvalue weighted by atomic mass is 16.5. The van der Waals surface area contributed by atoms with Crippen LogP contribution in [0.2, 0.25) is 0 Å². The van der Waals surface area contributed by atoms with E-state index in [1.807, 2.05) is 48.5 Å². The molecule has 0 aliphatic heterocycles. The van der Waals surface area contributed by atoms with Crippen molar-refractivity contribution in [3.63, 3.8) is 0 Å². The standard InChI is InChI=1S/C19H16O4/c1-22-16-8-7-14-11-18(17(19(20)21)10-15(14)9-16)23-12-13-5-3-2-4-6-13/h2-11H,12H2,1H3,(H,20,21). The third-order valence-corrected chi connectivity index (χ3v) is 3.61. The average molecular weight is 308 g/mol. The molecule has 4 nitrogen and oxygen atoms in total. The number of carbonyl (C=O) groups is 1. The van der Waals surface area contributed by atoms with Crippen LogP contribution in [-0.2, 0) is 6.61 Å². The van der Waals surface area contributed by atoms with Crippen molar-refractivity contribution in [2.24, 2.45) is 0 Å². The maximum absolute atomic E-state index is 11.5. The summed E-state index contributed by atoms with van der Waals surface area (Å²) >= 11 is 0. The van der Waals surface area contributed by atoms with Gasteiger partial charge in [-0.15, -0.1) is 0 Å². The molecule has 3 rings (SSSR count). The fourth-order valence-electron chi connectivity index (χ4n) is 2.40. The molecule has 0 saturated carbocycles. The van der Waals surface area contributed by atoms with E-state index in [1.165, 1.54) is 0 Å². The number of aromatic carboxylic acids is 1. The Hall–Kier alpha value is -3.01. The molecule has 116 valence electrons. The Labute approximate surface area is 133 Å². The first-order valence-electron chi connectivity index (χ1n) is 7.19. The zero-order valence-corrected chi connectivity index (χ0v) is 12.7. The van der Waals surface area contributed by atoms with Gasteiger partial charge in [0, 0.05) is 0 Å². The zero-order chi connectivity index (χ0) is 16.2. The Morgan fingerprint density at radius 2 is 1.78 bits per heavy atom. The number of methoxy groups -OCH3 is 1. The summed E-state index contributed by atoms with van der Waals surface area (Å²) in [5, 5.41) is 11.1. The third kappa shape index (κ3) is 3.26. The van der Waals surface area contributed by atoms with Crippen LogP contribution in [0, 0.1) is 0 Å². The van der Waals surface area contributed by atoms with Crippen LogP contribution in [0.25, 0.3) is 10.8 Å². The fourth-order valence-corrected chi connectivity index (χ4v) is 2.40. The topological polar surface area (TPSA) is 55.8 Å². The van der Waals surface area contributed by atoms with Gasteiger partial charge in [0.25, 0.3) is 0 Å². The van der Waals surface area contributed by atoms with E-state index in [9.17, 15) is 9.90 Å². The van der Waals surface area contributed by atoms with E-state index in [2.05, 4.69) is 0 Å². The SMILES string of the molecule is COc1ccc2cc(OCc3ccccc3)c(C(=O)O)cc2c1. The summed E-state index contributed by atoms with van der Waals surface area (Å²) in [6.07, 6.45) is 0. The van der Waals surface area contributed by atoms with Gasteiger partial charge in [0.2, 0.25) is 0 Å². The zero-order valence-electron chi connectivity index (χ0n) is 12.7. The molecular formula is C19H16O4. The highest BCUT2D eigenvalue weighted by molar-refractivity contribution is 5.98. The van der Waals surface area contributed by atoms with E-state index in [4.69, 9.17) is 9.47 Å². The van der Waals surface area contributed by atoms with Gasteiger partial charge < -0.3 is 14.6 Å². The van der Waals surface area contributed by atoms with E-state index in [1.54, 1.807) is 19.2 Å². The first-order chi connectivity index (χ1) is 11.2. The van der Waals surface area contributed by atoms with Crippen molar-refractivity contribution in [1.82, 2.24) is 0 Å². The molecule has 0 saturated heterocycles. The molecule has 0 aliphatic carbocycles. The monoisotopic (exact) mass is 308 g/mol. The van der Waals surface area contributed by atoms with Gasteiger partial charge in [-0.05, 0) is 40.6 Å². The van der Waals surface area contributed by atoms with E-state index in [0.717, 1.165) is 16.3 Å². The van der Waals surface area contributed by atoms with Crippen LogP contribution in [0.3, 0.4) is 0 Å². The van der Waals surface area contributed by atoms with Gasteiger partial charge in [0.15, 0.2) is 0 Å². The summed E-state index contributed by atoms with van der Waals surface area (Å²) < 4.78 is 10.9. The molecule has 0 amide bonds. The second-order valence-electron chi connectivity index (χ2n) is 5.14. The molecule has 0 heterocycles. The maximum Gasteiger partial charge on any atom is 0.339 e. The van der Waals surface area contributed by atoms with Gasteiger partial charge in [-0.25, -0.2) is 4.79 Å². The number of fused-ring (bicyclic) bond motifs is 1. The van der Waals surface area contributed by atoms with E-state index in [0.29, 0.717) is 18.1 Å². The quantitative estimate of drug-likeness (QED) is 0.770. The molecule has 0 bridgehead atoms. The predicted octanol–water partition coefficient (Wildman–Crippen LogP) is 4.13. The highest BCUT2D eigenvalue weighted by Crippen LogP contribution is 2.29. The van der Waals surface area contributed by atoms with Crippen LogP contribution in [0.15, 0.2) is 60.7 Å².